The average molecular weight is 257 g/mol. The van der Waals surface area contributed by atoms with E-state index >= 15 is 0 Å². The second-order valence-corrected chi connectivity index (χ2v) is 6.85. The molecule has 2 unspecified atom stereocenters. The van der Waals surface area contributed by atoms with Crippen LogP contribution in [0.4, 0.5) is 0 Å². The van der Waals surface area contributed by atoms with Gasteiger partial charge < -0.3 is 5.11 Å². The Kier molecular flexibility index (Phi) is 4.74. The topological polar surface area (TPSA) is 40.5 Å². The average Bonchev–Trinajstić information content (AvgIpc) is 2.30. The van der Waals surface area contributed by atoms with Crippen LogP contribution in [0.25, 0.3) is 0 Å². The fourth-order valence-corrected chi connectivity index (χ4v) is 4.36. The summed E-state index contributed by atoms with van der Waals surface area (Å²) < 4.78 is 0. The highest BCUT2D eigenvalue weighted by molar-refractivity contribution is 7.99. The largest absolute Gasteiger partial charge is 0.481 e. The number of aliphatic carboxylic acids is 1. The van der Waals surface area contributed by atoms with Crippen molar-refractivity contribution in [1.29, 1.82) is 0 Å². The van der Waals surface area contributed by atoms with E-state index in [1.807, 2.05) is 0 Å². The van der Waals surface area contributed by atoms with Crippen molar-refractivity contribution in [3.05, 3.63) is 0 Å². The lowest BCUT2D eigenvalue weighted by Gasteiger charge is -2.41. The fourth-order valence-electron chi connectivity index (χ4n) is 3.12. The molecule has 0 amide bonds. The molecule has 17 heavy (non-hydrogen) atoms. The van der Waals surface area contributed by atoms with Crippen molar-refractivity contribution in [2.75, 3.05) is 18.8 Å². The van der Waals surface area contributed by atoms with Crippen LogP contribution in [-0.2, 0) is 4.79 Å². The molecule has 0 saturated carbocycles. The monoisotopic (exact) mass is 257 g/mol. The van der Waals surface area contributed by atoms with Gasteiger partial charge in [-0.15, -0.1) is 0 Å². The Morgan fingerprint density at radius 1 is 1.35 bits per heavy atom. The summed E-state index contributed by atoms with van der Waals surface area (Å²) in [5.41, 5.74) is 0. The first-order valence-electron chi connectivity index (χ1n) is 6.74. The van der Waals surface area contributed by atoms with E-state index in [4.69, 9.17) is 5.11 Å². The van der Waals surface area contributed by atoms with Gasteiger partial charge in [-0.2, -0.15) is 11.8 Å². The smallest absolute Gasteiger partial charge is 0.303 e. The van der Waals surface area contributed by atoms with Crippen LogP contribution in [0.3, 0.4) is 0 Å². The third-order valence-electron chi connectivity index (χ3n) is 4.15. The fraction of sp³-hybridized carbons (Fsp3) is 0.923. The first-order valence-corrected chi connectivity index (χ1v) is 7.79. The Hall–Kier alpha value is -0.220. The second kappa shape index (κ2) is 6.10. The van der Waals surface area contributed by atoms with E-state index in [0.717, 1.165) is 37.2 Å². The zero-order chi connectivity index (χ0) is 12.3. The molecular weight excluding hydrogens is 234 g/mol. The van der Waals surface area contributed by atoms with Gasteiger partial charge in [0, 0.05) is 17.7 Å². The third-order valence-corrected chi connectivity index (χ3v) is 5.51. The first-order chi connectivity index (χ1) is 8.16. The van der Waals surface area contributed by atoms with Crippen LogP contribution in [0.1, 0.15) is 39.0 Å². The number of carboxylic acid groups (broad SMARTS) is 1. The van der Waals surface area contributed by atoms with E-state index in [1.165, 1.54) is 18.6 Å². The SMILES string of the molecule is CC1SCCCC1N1CCC(CC(=O)O)CC1. The van der Waals surface area contributed by atoms with Crippen molar-refractivity contribution in [1.82, 2.24) is 4.90 Å². The van der Waals surface area contributed by atoms with E-state index in [1.54, 1.807) is 0 Å². The molecule has 1 N–H and O–H groups in total. The maximum Gasteiger partial charge on any atom is 0.303 e. The molecule has 0 bridgehead atoms. The lowest BCUT2D eigenvalue weighted by molar-refractivity contribution is -0.138. The minimum Gasteiger partial charge on any atom is -0.481 e. The number of carbonyl (C=O) groups is 1. The summed E-state index contributed by atoms with van der Waals surface area (Å²) in [6.45, 7) is 4.55. The van der Waals surface area contributed by atoms with Gasteiger partial charge in [-0.05, 0) is 50.4 Å². The Morgan fingerprint density at radius 2 is 2.06 bits per heavy atom. The van der Waals surface area contributed by atoms with Crippen molar-refractivity contribution in [2.24, 2.45) is 5.92 Å². The van der Waals surface area contributed by atoms with Gasteiger partial charge in [0.05, 0.1) is 0 Å². The van der Waals surface area contributed by atoms with Crippen molar-refractivity contribution in [3.8, 4) is 0 Å². The van der Waals surface area contributed by atoms with Crippen LogP contribution in [0.5, 0.6) is 0 Å². The van der Waals surface area contributed by atoms with Crippen molar-refractivity contribution >= 4 is 17.7 Å². The summed E-state index contributed by atoms with van der Waals surface area (Å²) in [6.07, 6.45) is 5.18. The van der Waals surface area contributed by atoms with Gasteiger partial charge in [-0.3, -0.25) is 9.69 Å². The number of rotatable bonds is 3. The van der Waals surface area contributed by atoms with Crippen LogP contribution >= 0.6 is 11.8 Å². The Balaban J connectivity index is 1.79. The third kappa shape index (κ3) is 3.62. The Bertz CT molecular complexity index is 264. The number of nitrogens with zero attached hydrogens (tertiary/aromatic N) is 1. The zero-order valence-electron chi connectivity index (χ0n) is 10.6. The van der Waals surface area contributed by atoms with Gasteiger partial charge in [0.2, 0.25) is 0 Å². The summed E-state index contributed by atoms with van der Waals surface area (Å²) in [6, 6.07) is 0.736. The molecule has 0 spiro atoms. The molecule has 98 valence electrons. The van der Waals surface area contributed by atoms with E-state index in [-0.39, 0.29) is 0 Å². The number of hydrogen-bond donors (Lipinski definition) is 1. The maximum absolute atomic E-state index is 10.7. The molecule has 2 saturated heterocycles. The summed E-state index contributed by atoms with van der Waals surface area (Å²) in [5.74, 6) is 1.09. The minimum absolute atomic E-state index is 0.364. The molecule has 3 nitrogen and oxygen atoms in total. The highest BCUT2D eigenvalue weighted by Gasteiger charge is 2.30. The van der Waals surface area contributed by atoms with Crippen LogP contribution in [0.15, 0.2) is 0 Å². The lowest BCUT2D eigenvalue weighted by Crippen LogP contribution is -2.47. The van der Waals surface area contributed by atoms with Crippen LogP contribution in [0.2, 0.25) is 0 Å². The predicted molar refractivity (Wildman–Crippen MR) is 71.5 cm³/mol. The lowest BCUT2D eigenvalue weighted by atomic mass is 9.91. The van der Waals surface area contributed by atoms with E-state index < -0.39 is 5.97 Å². The number of carboxylic acids is 1. The van der Waals surface area contributed by atoms with E-state index in [2.05, 4.69) is 23.6 Å². The van der Waals surface area contributed by atoms with Crippen molar-refractivity contribution < 1.29 is 9.90 Å². The standard InChI is InChI=1S/C13H23NO2S/c1-10-12(3-2-8-17-10)14-6-4-11(5-7-14)9-13(15)16/h10-12H,2-9H2,1H3,(H,15,16). The molecule has 2 heterocycles. The predicted octanol–water partition coefficient (Wildman–Crippen LogP) is 2.46. The van der Waals surface area contributed by atoms with Gasteiger partial charge in [0.15, 0.2) is 0 Å². The quantitative estimate of drug-likeness (QED) is 0.843. The summed E-state index contributed by atoms with van der Waals surface area (Å²) in [5, 5.41) is 9.56. The van der Waals surface area contributed by atoms with E-state index in [9.17, 15) is 4.79 Å². The van der Waals surface area contributed by atoms with Crippen LogP contribution < -0.4 is 0 Å². The van der Waals surface area contributed by atoms with Gasteiger partial charge in [-0.25, -0.2) is 0 Å². The van der Waals surface area contributed by atoms with E-state index in [0.29, 0.717) is 12.3 Å². The summed E-state index contributed by atoms with van der Waals surface area (Å²) in [4.78, 5) is 13.3. The normalized spacial score (nSPS) is 32.5. The molecule has 2 aliphatic rings. The van der Waals surface area contributed by atoms with Gasteiger partial charge in [0.1, 0.15) is 0 Å². The molecule has 4 heteroatoms. The first kappa shape index (κ1) is 13.2. The molecule has 0 aliphatic carbocycles. The molecule has 0 aromatic rings. The summed E-state index contributed by atoms with van der Waals surface area (Å²) in [7, 11) is 0. The minimum atomic E-state index is -0.634. The number of thioether (sulfide) groups is 1. The van der Waals surface area contributed by atoms with Crippen LogP contribution in [0, 0.1) is 5.92 Å². The molecule has 2 aliphatic heterocycles. The Morgan fingerprint density at radius 3 is 2.65 bits per heavy atom. The van der Waals surface area contributed by atoms with Gasteiger partial charge in [-0.1, -0.05) is 6.92 Å². The highest BCUT2D eigenvalue weighted by atomic mass is 32.2. The Labute approximate surface area is 108 Å². The number of piperidine rings is 1. The highest BCUT2D eigenvalue weighted by Crippen LogP contribution is 2.32. The van der Waals surface area contributed by atoms with Crippen molar-refractivity contribution in [2.45, 2.75) is 50.3 Å². The number of likely N-dealkylation sites (tertiary alicyclic amines) is 1. The molecule has 0 aromatic heterocycles. The molecule has 2 rings (SSSR count). The number of hydrogen-bond acceptors (Lipinski definition) is 3. The van der Waals surface area contributed by atoms with Crippen LogP contribution in [-0.4, -0.2) is 46.1 Å². The maximum atomic E-state index is 10.7. The zero-order valence-corrected chi connectivity index (χ0v) is 11.4. The van der Waals surface area contributed by atoms with Crippen molar-refractivity contribution in [3.63, 3.8) is 0 Å². The second-order valence-electron chi connectivity index (χ2n) is 5.36. The summed E-state index contributed by atoms with van der Waals surface area (Å²) >= 11 is 2.10. The molecule has 0 aromatic carbocycles. The molecular formula is C13H23NO2S. The molecule has 2 atom stereocenters. The molecule has 2 fully saturated rings. The molecule has 0 radical (unpaired) electrons. The van der Waals surface area contributed by atoms with Gasteiger partial charge in [0.25, 0.3) is 0 Å². The van der Waals surface area contributed by atoms with Gasteiger partial charge >= 0.3 is 5.97 Å².